The van der Waals surface area contributed by atoms with Gasteiger partial charge < -0.3 is 20.5 Å². The van der Waals surface area contributed by atoms with E-state index in [4.69, 9.17) is 15.2 Å². The van der Waals surface area contributed by atoms with Gasteiger partial charge in [0.05, 0.1) is 10.0 Å². The summed E-state index contributed by atoms with van der Waals surface area (Å²) in [6, 6.07) is 3.50. The van der Waals surface area contributed by atoms with Crippen LogP contribution in [0.25, 0.3) is 0 Å². The average molecular weight is 392 g/mol. The van der Waals surface area contributed by atoms with Crippen LogP contribution in [0.15, 0.2) is 16.6 Å². The van der Waals surface area contributed by atoms with Crippen molar-refractivity contribution in [2.24, 2.45) is 5.73 Å². The molecule has 0 atom stereocenters. The summed E-state index contributed by atoms with van der Waals surface area (Å²) in [6.45, 7) is 1.50. The predicted octanol–water partition coefficient (Wildman–Crippen LogP) is 2.64. The van der Waals surface area contributed by atoms with Crippen molar-refractivity contribution in [2.45, 2.75) is 31.2 Å². The van der Waals surface area contributed by atoms with Crippen molar-refractivity contribution in [3.05, 3.63) is 22.2 Å². The van der Waals surface area contributed by atoms with Gasteiger partial charge in [-0.05, 0) is 40.9 Å². The van der Waals surface area contributed by atoms with E-state index in [1.54, 1.807) is 12.1 Å². The fourth-order valence-corrected chi connectivity index (χ4v) is 3.54. The first-order chi connectivity index (χ1) is 10.1. The van der Waals surface area contributed by atoms with Gasteiger partial charge in [0.2, 0.25) is 0 Å². The number of carbonyl (C=O) groups is 1. The SMILES string of the molecule is Cl.NCC1(NC(=O)c2cc(Br)c3c(c2)OCCO3)CCCC1. The summed E-state index contributed by atoms with van der Waals surface area (Å²) >= 11 is 3.43. The minimum Gasteiger partial charge on any atom is -0.486 e. The number of benzene rings is 1. The van der Waals surface area contributed by atoms with Gasteiger partial charge in [0.15, 0.2) is 11.5 Å². The summed E-state index contributed by atoms with van der Waals surface area (Å²) < 4.78 is 11.8. The van der Waals surface area contributed by atoms with Crippen LogP contribution in [0.5, 0.6) is 11.5 Å². The number of amides is 1. The zero-order valence-corrected chi connectivity index (χ0v) is 14.6. The van der Waals surface area contributed by atoms with Gasteiger partial charge in [0.1, 0.15) is 13.2 Å². The Kier molecular flexibility index (Phi) is 5.58. The van der Waals surface area contributed by atoms with Gasteiger partial charge in [-0.15, -0.1) is 12.4 Å². The molecule has 3 N–H and O–H groups in total. The average Bonchev–Trinajstić information content (AvgIpc) is 2.96. The van der Waals surface area contributed by atoms with Crippen LogP contribution in [-0.2, 0) is 0 Å². The van der Waals surface area contributed by atoms with Gasteiger partial charge in [0, 0.05) is 12.1 Å². The van der Waals surface area contributed by atoms with Crippen LogP contribution in [0.4, 0.5) is 0 Å². The van der Waals surface area contributed by atoms with Crippen LogP contribution >= 0.6 is 28.3 Å². The van der Waals surface area contributed by atoms with Gasteiger partial charge >= 0.3 is 0 Å². The van der Waals surface area contributed by atoms with E-state index in [1.165, 1.54) is 0 Å². The van der Waals surface area contributed by atoms with Crippen molar-refractivity contribution in [1.82, 2.24) is 5.32 Å². The summed E-state index contributed by atoms with van der Waals surface area (Å²) in [5.41, 5.74) is 6.18. The van der Waals surface area contributed by atoms with Gasteiger partial charge in [-0.25, -0.2) is 0 Å². The highest BCUT2D eigenvalue weighted by Crippen LogP contribution is 2.38. The third-order valence-electron chi connectivity index (χ3n) is 4.19. The Hall–Kier alpha value is -0.980. The molecular formula is C15H20BrClN2O3. The Balaban J connectivity index is 0.00000176. The first kappa shape index (κ1) is 17.4. The smallest absolute Gasteiger partial charge is 0.251 e. The van der Waals surface area contributed by atoms with E-state index in [0.717, 1.165) is 30.2 Å². The molecule has 1 heterocycles. The molecule has 122 valence electrons. The normalized spacial score (nSPS) is 18.5. The van der Waals surface area contributed by atoms with Gasteiger partial charge in [0.25, 0.3) is 5.91 Å². The number of carbonyl (C=O) groups excluding carboxylic acids is 1. The van der Waals surface area contributed by atoms with Crippen molar-refractivity contribution in [3.63, 3.8) is 0 Å². The van der Waals surface area contributed by atoms with Gasteiger partial charge in [-0.2, -0.15) is 0 Å². The summed E-state index contributed by atoms with van der Waals surface area (Å²) in [7, 11) is 0. The molecule has 5 nitrogen and oxygen atoms in total. The number of ether oxygens (including phenoxy) is 2. The molecule has 1 aliphatic carbocycles. The van der Waals surface area contributed by atoms with E-state index < -0.39 is 0 Å². The molecule has 3 rings (SSSR count). The van der Waals surface area contributed by atoms with E-state index in [0.29, 0.717) is 36.8 Å². The zero-order chi connectivity index (χ0) is 14.9. The molecule has 22 heavy (non-hydrogen) atoms. The summed E-state index contributed by atoms with van der Waals surface area (Å²) in [4.78, 5) is 12.5. The molecule has 0 radical (unpaired) electrons. The molecule has 0 saturated heterocycles. The van der Waals surface area contributed by atoms with Crippen molar-refractivity contribution >= 4 is 34.2 Å². The molecule has 1 aromatic carbocycles. The van der Waals surface area contributed by atoms with E-state index in [-0.39, 0.29) is 23.9 Å². The summed E-state index contributed by atoms with van der Waals surface area (Å²) in [5, 5.41) is 3.11. The Morgan fingerprint density at radius 3 is 2.64 bits per heavy atom. The topological polar surface area (TPSA) is 73.6 Å². The highest BCUT2D eigenvalue weighted by Gasteiger charge is 2.34. The first-order valence-electron chi connectivity index (χ1n) is 7.25. The third-order valence-corrected chi connectivity index (χ3v) is 4.78. The molecule has 1 fully saturated rings. The van der Waals surface area contributed by atoms with Crippen molar-refractivity contribution in [1.29, 1.82) is 0 Å². The Morgan fingerprint density at radius 1 is 1.27 bits per heavy atom. The Bertz CT molecular complexity index is 562. The molecule has 2 aliphatic rings. The number of rotatable bonds is 3. The number of nitrogens with one attached hydrogen (secondary N) is 1. The summed E-state index contributed by atoms with van der Waals surface area (Å²) in [5.74, 6) is 1.15. The molecule has 0 spiro atoms. The standard InChI is InChI=1S/C15H19BrN2O3.ClH/c16-11-7-10(8-12-13(11)21-6-5-20-12)14(19)18-15(9-17)3-1-2-4-15;/h7-8H,1-6,9,17H2,(H,18,19);1H. The molecule has 1 aromatic rings. The molecule has 0 aromatic heterocycles. The third kappa shape index (κ3) is 3.34. The zero-order valence-electron chi connectivity index (χ0n) is 12.2. The van der Waals surface area contributed by atoms with Crippen LogP contribution in [0.1, 0.15) is 36.0 Å². The maximum absolute atomic E-state index is 12.5. The predicted molar refractivity (Wildman–Crippen MR) is 90.1 cm³/mol. The second-order valence-electron chi connectivity index (χ2n) is 5.63. The molecule has 1 aliphatic heterocycles. The van der Waals surface area contributed by atoms with E-state index in [2.05, 4.69) is 21.2 Å². The fourth-order valence-electron chi connectivity index (χ4n) is 2.99. The van der Waals surface area contributed by atoms with Crippen molar-refractivity contribution < 1.29 is 14.3 Å². The maximum Gasteiger partial charge on any atom is 0.251 e. The highest BCUT2D eigenvalue weighted by molar-refractivity contribution is 9.10. The van der Waals surface area contributed by atoms with Gasteiger partial charge in [-0.1, -0.05) is 12.8 Å². The molecular weight excluding hydrogens is 372 g/mol. The lowest BCUT2D eigenvalue weighted by Crippen LogP contribution is -2.51. The van der Waals surface area contributed by atoms with E-state index in [1.807, 2.05) is 0 Å². The Morgan fingerprint density at radius 2 is 1.95 bits per heavy atom. The number of halogens is 2. The molecule has 0 unspecified atom stereocenters. The largest absolute Gasteiger partial charge is 0.486 e. The van der Waals surface area contributed by atoms with Crippen LogP contribution in [0.2, 0.25) is 0 Å². The highest BCUT2D eigenvalue weighted by atomic mass is 79.9. The number of hydrogen-bond donors (Lipinski definition) is 2. The van der Waals surface area contributed by atoms with Crippen LogP contribution in [0, 0.1) is 0 Å². The van der Waals surface area contributed by atoms with Crippen LogP contribution in [0.3, 0.4) is 0 Å². The lowest BCUT2D eigenvalue weighted by Gasteiger charge is -2.29. The lowest BCUT2D eigenvalue weighted by atomic mass is 9.97. The van der Waals surface area contributed by atoms with Crippen molar-refractivity contribution in [3.8, 4) is 11.5 Å². The fraction of sp³-hybridized carbons (Fsp3) is 0.533. The number of nitrogens with two attached hydrogens (primary N) is 1. The number of hydrogen-bond acceptors (Lipinski definition) is 4. The Labute approximate surface area is 144 Å². The van der Waals surface area contributed by atoms with E-state index in [9.17, 15) is 4.79 Å². The molecule has 1 saturated carbocycles. The summed E-state index contributed by atoms with van der Waals surface area (Å²) in [6.07, 6.45) is 4.12. The van der Waals surface area contributed by atoms with Crippen molar-refractivity contribution in [2.75, 3.05) is 19.8 Å². The van der Waals surface area contributed by atoms with Crippen LogP contribution < -0.4 is 20.5 Å². The second kappa shape index (κ2) is 7.06. The molecule has 7 heteroatoms. The first-order valence-corrected chi connectivity index (χ1v) is 8.05. The monoisotopic (exact) mass is 390 g/mol. The quantitative estimate of drug-likeness (QED) is 0.831. The number of fused-ring (bicyclic) bond motifs is 1. The van der Waals surface area contributed by atoms with Gasteiger partial charge in [-0.3, -0.25) is 4.79 Å². The minimum atomic E-state index is -0.253. The van der Waals surface area contributed by atoms with E-state index >= 15 is 0 Å². The maximum atomic E-state index is 12.5. The lowest BCUT2D eigenvalue weighted by molar-refractivity contribution is 0.0901. The molecule has 1 amide bonds. The second-order valence-corrected chi connectivity index (χ2v) is 6.48. The molecule has 0 bridgehead atoms. The minimum absolute atomic E-state index is 0. The van der Waals surface area contributed by atoms with Crippen LogP contribution in [-0.4, -0.2) is 31.2 Å².